The highest BCUT2D eigenvalue weighted by Gasteiger charge is 2.21. The third-order valence-corrected chi connectivity index (χ3v) is 4.90. The van der Waals surface area contributed by atoms with Gasteiger partial charge < -0.3 is 20.0 Å². The minimum absolute atomic E-state index is 0.577. The summed E-state index contributed by atoms with van der Waals surface area (Å²) >= 11 is 0. The van der Waals surface area contributed by atoms with E-state index in [1.165, 1.54) is 19.5 Å². The summed E-state index contributed by atoms with van der Waals surface area (Å²) in [4.78, 5) is 11.4. The van der Waals surface area contributed by atoms with Gasteiger partial charge in [0.1, 0.15) is 6.26 Å². The Balaban J connectivity index is 1.42. The van der Waals surface area contributed by atoms with Gasteiger partial charge in [-0.25, -0.2) is 4.98 Å². The van der Waals surface area contributed by atoms with Crippen molar-refractivity contribution in [1.82, 2.24) is 20.5 Å². The van der Waals surface area contributed by atoms with Crippen LogP contribution in [0, 0.1) is 11.8 Å². The fourth-order valence-corrected chi connectivity index (χ4v) is 3.80. The van der Waals surface area contributed by atoms with Crippen LogP contribution in [0.5, 0.6) is 0 Å². The Hall–Kier alpha value is -2.34. The number of piperidine rings is 1. The van der Waals surface area contributed by atoms with E-state index in [1.54, 1.807) is 13.3 Å². The maximum atomic E-state index is 5.58. The van der Waals surface area contributed by atoms with Crippen molar-refractivity contribution in [1.29, 1.82) is 0 Å². The number of rotatable bonds is 6. The monoisotopic (exact) mass is 369 g/mol. The zero-order chi connectivity index (χ0) is 19.1. The van der Waals surface area contributed by atoms with Gasteiger partial charge in [-0.15, -0.1) is 0 Å². The van der Waals surface area contributed by atoms with Crippen molar-refractivity contribution in [3.8, 4) is 11.5 Å². The quantitative estimate of drug-likeness (QED) is 0.605. The summed E-state index contributed by atoms with van der Waals surface area (Å²) in [5, 5.41) is 6.70. The van der Waals surface area contributed by atoms with Crippen LogP contribution in [0.2, 0.25) is 0 Å². The van der Waals surface area contributed by atoms with Gasteiger partial charge in [-0.3, -0.25) is 4.99 Å². The highest BCUT2D eigenvalue weighted by Crippen LogP contribution is 2.20. The van der Waals surface area contributed by atoms with Crippen LogP contribution in [0.1, 0.15) is 26.0 Å². The molecule has 1 aromatic carbocycles. The van der Waals surface area contributed by atoms with Gasteiger partial charge in [0.25, 0.3) is 0 Å². The Morgan fingerprint density at radius 1 is 1.19 bits per heavy atom. The lowest BCUT2D eigenvalue weighted by molar-refractivity contribution is 0.143. The van der Waals surface area contributed by atoms with Crippen molar-refractivity contribution in [2.24, 2.45) is 16.8 Å². The first-order valence-corrected chi connectivity index (χ1v) is 9.80. The van der Waals surface area contributed by atoms with Gasteiger partial charge in [-0.05, 0) is 30.4 Å². The lowest BCUT2D eigenvalue weighted by Gasteiger charge is -2.35. The van der Waals surface area contributed by atoms with Crippen LogP contribution in [0.15, 0.2) is 46.0 Å². The van der Waals surface area contributed by atoms with E-state index in [2.05, 4.69) is 39.4 Å². The minimum Gasteiger partial charge on any atom is -0.444 e. The summed E-state index contributed by atoms with van der Waals surface area (Å²) in [5.41, 5.74) is 1.84. The Morgan fingerprint density at radius 3 is 2.63 bits per heavy atom. The van der Waals surface area contributed by atoms with Crippen LogP contribution in [0.4, 0.5) is 0 Å². The standard InChI is InChI=1S/C21H31N5O/c1-16-11-17(2)14-26(13-16)10-9-23-21(22-3)24-12-19-15-27-20(25-19)18-7-5-4-6-8-18/h4-8,15-17H,9-14H2,1-3H3,(H2,22,23,24). The molecular weight excluding hydrogens is 338 g/mol. The van der Waals surface area contributed by atoms with E-state index in [4.69, 9.17) is 4.42 Å². The van der Waals surface area contributed by atoms with Crippen LogP contribution in [-0.2, 0) is 6.54 Å². The second-order valence-electron chi connectivity index (χ2n) is 7.57. The maximum absolute atomic E-state index is 5.58. The number of hydrogen-bond donors (Lipinski definition) is 2. The van der Waals surface area contributed by atoms with Gasteiger partial charge in [0.2, 0.25) is 5.89 Å². The number of aromatic nitrogens is 1. The average Bonchev–Trinajstić information content (AvgIpc) is 3.13. The number of benzene rings is 1. The van der Waals surface area contributed by atoms with Crippen LogP contribution in [0.25, 0.3) is 11.5 Å². The van der Waals surface area contributed by atoms with Crippen molar-refractivity contribution in [2.45, 2.75) is 26.8 Å². The highest BCUT2D eigenvalue weighted by molar-refractivity contribution is 5.79. The summed E-state index contributed by atoms with van der Waals surface area (Å²) in [6.45, 7) is 9.58. The average molecular weight is 370 g/mol. The molecule has 2 atom stereocenters. The molecule has 1 aromatic heterocycles. The molecule has 1 saturated heterocycles. The number of likely N-dealkylation sites (tertiary alicyclic amines) is 1. The Kier molecular flexibility index (Phi) is 6.87. The second kappa shape index (κ2) is 9.55. The molecule has 2 unspecified atom stereocenters. The minimum atomic E-state index is 0.577. The molecule has 0 spiro atoms. The fraction of sp³-hybridized carbons (Fsp3) is 0.524. The number of guanidine groups is 1. The Labute approximate surface area is 162 Å². The van der Waals surface area contributed by atoms with Crippen molar-refractivity contribution in [2.75, 3.05) is 33.2 Å². The number of nitrogens with zero attached hydrogens (tertiary/aromatic N) is 3. The molecule has 2 heterocycles. The number of oxazole rings is 1. The molecule has 0 bridgehead atoms. The maximum Gasteiger partial charge on any atom is 0.226 e. The van der Waals surface area contributed by atoms with Gasteiger partial charge >= 0.3 is 0 Å². The van der Waals surface area contributed by atoms with Crippen molar-refractivity contribution >= 4 is 5.96 Å². The van der Waals surface area contributed by atoms with Crippen LogP contribution in [0.3, 0.4) is 0 Å². The molecule has 0 saturated carbocycles. The van der Waals surface area contributed by atoms with Crippen LogP contribution in [-0.4, -0.2) is 49.1 Å². The fourth-order valence-electron chi connectivity index (χ4n) is 3.80. The Morgan fingerprint density at radius 2 is 1.93 bits per heavy atom. The first-order chi connectivity index (χ1) is 13.1. The zero-order valence-corrected chi connectivity index (χ0v) is 16.6. The number of nitrogens with one attached hydrogen (secondary N) is 2. The predicted octanol–water partition coefficient (Wildman–Crippen LogP) is 2.98. The predicted molar refractivity (Wildman–Crippen MR) is 110 cm³/mol. The van der Waals surface area contributed by atoms with E-state index in [1.807, 2.05) is 30.3 Å². The van der Waals surface area contributed by atoms with Gasteiger partial charge in [-0.2, -0.15) is 0 Å². The SMILES string of the molecule is CN=C(NCCN1CC(C)CC(C)C1)NCc1coc(-c2ccccc2)n1. The smallest absolute Gasteiger partial charge is 0.226 e. The molecule has 27 heavy (non-hydrogen) atoms. The third-order valence-electron chi connectivity index (χ3n) is 4.90. The normalized spacial score (nSPS) is 21.2. The summed E-state index contributed by atoms with van der Waals surface area (Å²) in [6, 6.07) is 9.92. The molecule has 0 radical (unpaired) electrons. The van der Waals surface area contributed by atoms with Crippen molar-refractivity contribution in [3.05, 3.63) is 42.3 Å². The second-order valence-corrected chi connectivity index (χ2v) is 7.57. The molecule has 1 aliphatic rings. The molecule has 0 amide bonds. The molecule has 2 N–H and O–H groups in total. The van der Waals surface area contributed by atoms with E-state index in [9.17, 15) is 0 Å². The molecule has 2 aromatic rings. The Bertz CT molecular complexity index is 717. The van der Waals surface area contributed by atoms with Gasteiger partial charge in [-0.1, -0.05) is 32.0 Å². The molecule has 1 aliphatic heterocycles. The molecule has 6 nitrogen and oxygen atoms in total. The largest absolute Gasteiger partial charge is 0.444 e. The van der Waals surface area contributed by atoms with Gasteiger partial charge in [0.15, 0.2) is 5.96 Å². The number of aliphatic imine (C=N–C) groups is 1. The first kappa shape index (κ1) is 19.4. The highest BCUT2D eigenvalue weighted by atomic mass is 16.3. The van der Waals surface area contributed by atoms with E-state index in [-0.39, 0.29) is 0 Å². The van der Waals surface area contributed by atoms with E-state index in [0.717, 1.165) is 42.1 Å². The molecular formula is C21H31N5O. The van der Waals surface area contributed by atoms with Gasteiger partial charge in [0, 0.05) is 38.8 Å². The molecule has 6 heteroatoms. The summed E-state index contributed by atoms with van der Waals surface area (Å²) < 4.78 is 5.58. The summed E-state index contributed by atoms with van der Waals surface area (Å²) in [7, 11) is 1.79. The van der Waals surface area contributed by atoms with Crippen molar-refractivity contribution in [3.63, 3.8) is 0 Å². The lowest BCUT2D eigenvalue weighted by Crippen LogP contribution is -2.45. The van der Waals surface area contributed by atoms with Crippen LogP contribution >= 0.6 is 0 Å². The molecule has 146 valence electrons. The van der Waals surface area contributed by atoms with Crippen molar-refractivity contribution < 1.29 is 4.42 Å². The van der Waals surface area contributed by atoms with Crippen LogP contribution < -0.4 is 10.6 Å². The van der Waals surface area contributed by atoms with E-state index in [0.29, 0.717) is 12.4 Å². The third kappa shape index (κ3) is 5.82. The summed E-state index contributed by atoms with van der Waals surface area (Å²) in [5.74, 6) is 3.01. The summed E-state index contributed by atoms with van der Waals surface area (Å²) in [6.07, 6.45) is 3.04. The van der Waals surface area contributed by atoms with Gasteiger partial charge in [0.05, 0.1) is 12.2 Å². The molecule has 0 aliphatic carbocycles. The molecule has 1 fully saturated rings. The molecule has 3 rings (SSSR count). The zero-order valence-electron chi connectivity index (χ0n) is 16.6. The number of hydrogen-bond acceptors (Lipinski definition) is 4. The lowest BCUT2D eigenvalue weighted by atomic mass is 9.92. The topological polar surface area (TPSA) is 65.7 Å². The van der Waals surface area contributed by atoms with E-state index < -0.39 is 0 Å². The van der Waals surface area contributed by atoms with E-state index >= 15 is 0 Å². The first-order valence-electron chi connectivity index (χ1n) is 9.80.